The molecule has 164 valence electrons. The summed E-state index contributed by atoms with van der Waals surface area (Å²) < 4.78 is 16.7. The minimum Gasteiger partial charge on any atom is -0.494 e. The lowest BCUT2D eigenvalue weighted by Gasteiger charge is -2.47. The highest BCUT2D eigenvalue weighted by atomic mass is 35.5. The molecule has 0 aliphatic carbocycles. The summed E-state index contributed by atoms with van der Waals surface area (Å²) >= 11 is 6.40. The Bertz CT molecular complexity index is 842. The third kappa shape index (κ3) is 4.33. The van der Waals surface area contributed by atoms with Crippen LogP contribution < -0.4 is 4.74 Å². The van der Waals surface area contributed by atoms with Crippen LogP contribution in [0.1, 0.15) is 23.6 Å². The average molecular weight is 439 g/mol. The number of ether oxygens (including phenoxy) is 3. The second-order valence-electron chi connectivity index (χ2n) is 7.20. The molecule has 1 heterocycles. The molecule has 2 aromatic carbocycles. The van der Waals surface area contributed by atoms with Gasteiger partial charge in [-0.05, 0) is 48.7 Å². The van der Waals surface area contributed by atoms with Gasteiger partial charge in [0.25, 0.3) is 0 Å². The van der Waals surface area contributed by atoms with Gasteiger partial charge in [-0.2, -0.15) is 0 Å². The predicted molar refractivity (Wildman–Crippen MR) is 111 cm³/mol. The molecule has 0 spiro atoms. The number of aliphatic hydroxyl groups is 4. The van der Waals surface area contributed by atoms with E-state index in [4.69, 9.17) is 25.8 Å². The summed E-state index contributed by atoms with van der Waals surface area (Å²) in [5, 5.41) is 41.1. The Balaban J connectivity index is 1.94. The van der Waals surface area contributed by atoms with Crippen LogP contribution >= 0.6 is 11.6 Å². The van der Waals surface area contributed by atoms with Crippen LogP contribution in [-0.2, 0) is 21.7 Å². The number of rotatable bonds is 7. The van der Waals surface area contributed by atoms with Crippen molar-refractivity contribution in [2.24, 2.45) is 0 Å². The maximum Gasteiger partial charge on any atom is 0.224 e. The van der Waals surface area contributed by atoms with Crippen LogP contribution in [0.4, 0.5) is 0 Å². The van der Waals surface area contributed by atoms with Crippen molar-refractivity contribution in [2.45, 2.75) is 43.5 Å². The van der Waals surface area contributed by atoms with Crippen LogP contribution in [0.25, 0.3) is 0 Å². The quantitative estimate of drug-likeness (QED) is 0.520. The average Bonchev–Trinajstić information content (AvgIpc) is 2.76. The van der Waals surface area contributed by atoms with Gasteiger partial charge in [-0.25, -0.2) is 0 Å². The Kier molecular flexibility index (Phi) is 7.36. The molecule has 0 aromatic heterocycles. The second-order valence-corrected chi connectivity index (χ2v) is 7.60. The molecule has 7 nitrogen and oxygen atoms in total. The summed E-state index contributed by atoms with van der Waals surface area (Å²) in [5.41, 5.74) is 2.16. The number of hydrogen-bond acceptors (Lipinski definition) is 7. The van der Waals surface area contributed by atoms with Crippen LogP contribution in [0.3, 0.4) is 0 Å². The molecule has 0 radical (unpaired) electrons. The summed E-state index contributed by atoms with van der Waals surface area (Å²) in [5.74, 6) is -0.995. The summed E-state index contributed by atoms with van der Waals surface area (Å²) in [4.78, 5) is 0. The Labute approximate surface area is 180 Å². The van der Waals surface area contributed by atoms with E-state index in [-0.39, 0.29) is 0 Å². The van der Waals surface area contributed by atoms with Crippen LogP contribution in [0.5, 0.6) is 5.75 Å². The SMILES string of the molecule is CCOc1ccc(Cc2cc([C@]3(OC)O[C@H](CO)[C@@H](O)[C@@H](O)[C@H]3O)ccc2Cl)cc1. The van der Waals surface area contributed by atoms with Crippen molar-refractivity contribution in [3.05, 3.63) is 64.2 Å². The standard InChI is InChI=1S/C22H27ClO7/c1-3-29-16-7-4-13(5-8-16)10-14-11-15(6-9-17(14)23)22(28-2)21(27)20(26)19(25)18(12-24)30-22/h4-9,11,18-21,24-27H,3,10,12H2,1-2H3/t18-,19-,20-,21-,22+/m1/s1. The Morgan fingerprint density at radius 3 is 2.37 bits per heavy atom. The lowest BCUT2D eigenvalue weighted by molar-refractivity contribution is -0.366. The number of methoxy groups -OCH3 is 1. The van der Waals surface area contributed by atoms with E-state index in [9.17, 15) is 20.4 Å². The first-order valence-electron chi connectivity index (χ1n) is 9.75. The molecule has 1 saturated heterocycles. The molecule has 5 atom stereocenters. The van der Waals surface area contributed by atoms with E-state index in [2.05, 4.69) is 0 Å². The Morgan fingerprint density at radius 1 is 1.07 bits per heavy atom. The Morgan fingerprint density at radius 2 is 1.77 bits per heavy atom. The lowest BCUT2D eigenvalue weighted by Crippen LogP contribution is -2.64. The zero-order valence-electron chi connectivity index (χ0n) is 16.9. The summed E-state index contributed by atoms with van der Waals surface area (Å²) in [6.45, 7) is 1.95. The van der Waals surface area contributed by atoms with Crippen molar-refractivity contribution in [1.82, 2.24) is 0 Å². The van der Waals surface area contributed by atoms with Gasteiger partial charge in [0.05, 0.1) is 13.2 Å². The number of aliphatic hydroxyl groups excluding tert-OH is 4. The summed E-state index contributed by atoms with van der Waals surface area (Å²) in [7, 11) is 1.32. The molecule has 3 rings (SSSR count). The van der Waals surface area contributed by atoms with Gasteiger partial charge >= 0.3 is 0 Å². The minimum atomic E-state index is -1.77. The van der Waals surface area contributed by atoms with Crippen molar-refractivity contribution < 1.29 is 34.6 Å². The van der Waals surface area contributed by atoms with Crippen molar-refractivity contribution >= 4 is 11.6 Å². The minimum absolute atomic E-state index is 0.409. The zero-order chi connectivity index (χ0) is 21.9. The van der Waals surface area contributed by atoms with Crippen molar-refractivity contribution in [2.75, 3.05) is 20.3 Å². The Hall–Kier alpha value is -1.71. The topological polar surface area (TPSA) is 109 Å². The third-order valence-electron chi connectivity index (χ3n) is 5.33. The molecule has 1 fully saturated rings. The molecular formula is C22H27ClO7. The monoisotopic (exact) mass is 438 g/mol. The van der Waals surface area contributed by atoms with Gasteiger partial charge in [0.2, 0.25) is 5.79 Å². The molecule has 4 N–H and O–H groups in total. The highest BCUT2D eigenvalue weighted by Gasteiger charge is 2.55. The lowest BCUT2D eigenvalue weighted by atomic mass is 9.87. The smallest absolute Gasteiger partial charge is 0.224 e. The number of benzene rings is 2. The first-order chi connectivity index (χ1) is 14.4. The molecule has 0 bridgehead atoms. The first-order valence-corrected chi connectivity index (χ1v) is 10.1. The summed E-state index contributed by atoms with van der Waals surface area (Å²) in [6.07, 6.45) is -5.23. The normalized spacial score (nSPS) is 29.0. The maximum atomic E-state index is 10.7. The van der Waals surface area contributed by atoms with E-state index in [1.54, 1.807) is 18.2 Å². The zero-order valence-corrected chi connectivity index (χ0v) is 17.6. The van der Waals surface area contributed by atoms with Crippen molar-refractivity contribution in [3.8, 4) is 5.75 Å². The van der Waals surface area contributed by atoms with Crippen molar-refractivity contribution in [1.29, 1.82) is 0 Å². The third-order valence-corrected chi connectivity index (χ3v) is 5.70. The van der Waals surface area contributed by atoms with E-state index in [1.165, 1.54) is 7.11 Å². The number of halogens is 1. The van der Waals surface area contributed by atoms with Gasteiger partial charge in [0.1, 0.15) is 30.2 Å². The molecule has 8 heteroatoms. The molecular weight excluding hydrogens is 412 g/mol. The number of hydrogen-bond donors (Lipinski definition) is 4. The molecule has 30 heavy (non-hydrogen) atoms. The van der Waals surface area contributed by atoms with Crippen LogP contribution in [0, 0.1) is 0 Å². The molecule has 2 aromatic rings. The summed E-state index contributed by atoms with van der Waals surface area (Å²) in [6, 6.07) is 12.6. The van der Waals surface area contributed by atoms with Gasteiger partial charge in [0, 0.05) is 17.7 Å². The first kappa shape index (κ1) is 23.0. The molecule has 1 aliphatic rings. The fraction of sp³-hybridized carbons (Fsp3) is 0.455. The molecule has 1 aliphatic heterocycles. The largest absolute Gasteiger partial charge is 0.494 e. The van der Waals surface area contributed by atoms with Gasteiger partial charge < -0.3 is 34.6 Å². The predicted octanol–water partition coefficient (Wildman–Crippen LogP) is 1.60. The fourth-order valence-electron chi connectivity index (χ4n) is 3.68. The van der Waals surface area contributed by atoms with Crippen LogP contribution in [0.15, 0.2) is 42.5 Å². The van der Waals surface area contributed by atoms with E-state index in [0.717, 1.165) is 16.9 Å². The highest BCUT2D eigenvalue weighted by molar-refractivity contribution is 6.31. The van der Waals surface area contributed by atoms with Crippen LogP contribution in [0.2, 0.25) is 5.02 Å². The van der Waals surface area contributed by atoms with Gasteiger partial charge in [-0.3, -0.25) is 0 Å². The van der Waals surface area contributed by atoms with Gasteiger partial charge in [-0.15, -0.1) is 0 Å². The fourth-order valence-corrected chi connectivity index (χ4v) is 3.87. The van der Waals surface area contributed by atoms with E-state index >= 15 is 0 Å². The maximum absolute atomic E-state index is 10.7. The van der Waals surface area contributed by atoms with Gasteiger partial charge in [-0.1, -0.05) is 29.8 Å². The van der Waals surface area contributed by atoms with E-state index in [1.807, 2.05) is 31.2 Å². The van der Waals surface area contributed by atoms with E-state index < -0.39 is 36.8 Å². The van der Waals surface area contributed by atoms with Crippen molar-refractivity contribution in [3.63, 3.8) is 0 Å². The van der Waals surface area contributed by atoms with E-state index in [0.29, 0.717) is 23.6 Å². The highest BCUT2D eigenvalue weighted by Crippen LogP contribution is 2.40. The molecule has 0 saturated carbocycles. The van der Waals surface area contributed by atoms with Crippen LogP contribution in [-0.4, -0.2) is 65.2 Å². The van der Waals surface area contributed by atoms with Gasteiger partial charge in [0.15, 0.2) is 0 Å². The molecule has 0 unspecified atom stereocenters. The molecule has 0 amide bonds. The second kappa shape index (κ2) is 9.62.